The van der Waals surface area contributed by atoms with Crippen LogP contribution in [-0.2, 0) is 4.79 Å². The second-order valence-electron chi connectivity index (χ2n) is 3.50. The Morgan fingerprint density at radius 1 is 1.43 bits per heavy atom. The zero-order valence-electron chi connectivity index (χ0n) is 8.30. The molecule has 0 radical (unpaired) electrons. The standard InChI is InChI=1S/C8H14F3NOS/c1-5(2)6(14)7(13)12(3)4-8(9,10)11/h5-6,14H,4H2,1-3H3. The van der Waals surface area contributed by atoms with Crippen LogP contribution in [0.3, 0.4) is 0 Å². The fourth-order valence-electron chi connectivity index (χ4n) is 0.858. The maximum Gasteiger partial charge on any atom is 0.406 e. The lowest BCUT2D eigenvalue weighted by molar-refractivity contribution is -0.158. The van der Waals surface area contributed by atoms with Gasteiger partial charge in [-0.1, -0.05) is 13.8 Å². The summed E-state index contributed by atoms with van der Waals surface area (Å²) in [5.74, 6) is -0.679. The van der Waals surface area contributed by atoms with E-state index in [9.17, 15) is 18.0 Å². The molecule has 1 unspecified atom stereocenters. The van der Waals surface area contributed by atoms with Crippen molar-refractivity contribution in [3.63, 3.8) is 0 Å². The molecule has 84 valence electrons. The summed E-state index contributed by atoms with van der Waals surface area (Å²) in [6.07, 6.45) is -4.35. The van der Waals surface area contributed by atoms with Crippen molar-refractivity contribution < 1.29 is 18.0 Å². The normalized spacial score (nSPS) is 14.3. The predicted molar refractivity (Wildman–Crippen MR) is 51.3 cm³/mol. The number of carbonyl (C=O) groups excluding carboxylic acids is 1. The van der Waals surface area contributed by atoms with Crippen LogP contribution < -0.4 is 0 Å². The summed E-state index contributed by atoms with van der Waals surface area (Å²) >= 11 is 3.95. The Morgan fingerprint density at radius 2 is 1.86 bits per heavy atom. The van der Waals surface area contributed by atoms with E-state index in [1.54, 1.807) is 13.8 Å². The third-order valence-electron chi connectivity index (χ3n) is 1.68. The highest BCUT2D eigenvalue weighted by Crippen LogP contribution is 2.18. The molecule has 0 aliphatic carbocycles. The van der Waals surface area contributed by atoms with Crippen LogP contribution in [-0.4, -0.2) is 35.8 Å². The number of hydrogen-bond donors (Lipinski definition) is 1. The maximum absolute atomic E-state index is 11.9. The smallest absolute Gasteiger partial charge is 0.336 e. The van der Waals surface area contributed by atoms with Gasteiger partial charge in [0, 0.05) is 7.05 Å². The average Bonchev–Trinajstić information content (AvgIpc) is 1.98. The van der Waals surface area contributed by atoms with Crippen molar-refractivity contribution in [2.45, 2.75) is 25.3 Å². The molecule has 0 spiro atoms. The van der Waals surface area contributed by atoms with Crippen molar-refractivity contribution >= 4 is 18.5 Å². The third-order valence-corrected chi connectivity index (χ3v) is 2.49. The minimum Gasteiger partial charge on any atom is -0.336 e. The van der Waals surface area contributed by atoms with Gasteiger partial charge in [0.1, 0.15) is 6.54 Å². The van der Waals surface area contributed by atoms with Crippen molar-refractivity contribution in [2.24, 2.45) is 5.92 Å². The van der Waals surface area contributed by atoms with Crippen LogP contribution in [0, 0.1) is 5.92 Å². The summed E-state index contributed by atoms with van der Waals surface area (Å²) in [4.78, 5) is 12.0. The highest BCUT2D eigenvalue weighted by Gasteiger charge is 2.33. The van der Waals surface area contributed by atoms with Crippen molar-refractivity contribution in [1.29, 1.82) is 0 Å². The average molecular weight is 229 g/mol. The van der Waals surface area contributed by atoms with Gasteiger partial charge in [-0.2, -0.15) is 25.8 Å². The molecule has 0 aromatic rings. The van der Waals surface area contributed by atoms with Gasteiger partial charge in [0.15, 0.2) is 0 Å². The Balaban J connectivity index is 4.26. The van der Waals surface area contributed by atoms with Crippen molar-refractivity contribution in [3.05, 3.63) is 0 Å². The van der Waals surface area contributed by atoms with E-state index in [0.29, 0.717) is 4.90 Å². The van der Waals surface area contributed by atoms with Crippen LogP contribution in [0.5, 0.6) is 0 Å². The first-order valence-corrected chi connectivity index (χ1v) is 4.66. The molecule has 0 N–H and O–H groups in total. The Kier molecular flexibility index (Phi) is 4.77. The Morgan fingerprint density at radius 3 is 2.14 bits per heavy atom. The second kappa shape index (κ2) is 4.91. The molecule has 0 saturated heterocycles. The molecule has 0 aliphatic heterocycles. The number of nitrogens with zero attached hydrogens (tertiary/aromatic N) is 1. The maximum atomic E-state index is 11.9. The topological polar surface area (TPSA) is 20.3 Å². The molecule has 0 heterocycles. The van der Waals surface area contributed by atoms with Crippen LogP contribution >= 0.6 is 12.6 Å². The number of carbonyl (C=O) groups is 1. The quantitative estimate of drug-likeness (QED) is 0.733. The van der Waals surface area contributed by atoms with Crippen molar-refractivity contribution in [3.8, 4) is 0 Å². The fourth-order valence-corrected chi connectivity index (χ4v) is 1.05. The third kappa shape index (κ3) is 4.74. The van der Waals surface area contributed by atoms with Crippen LogP contribution in [0.4, 0.5) is 13.2 Å². The lowest BCUT2D eigenvalue weighted by Gasteiger charge is -2.23. The van der Waals surface area contributed by atoms with Crippen LogP contribution in [0.1, 0.15) is 13.8 Å². The van der Waals surface area contributed by atoms with E-state index >= 15 is 0 Å². The molecule has 0 bridgehead atoms. The summed E-state index contributed by atoms with van der Waals surface area (Å²) in [7, 11) is 1.13. The van der Waals surface area contributed by atoms with Crippen molar-refractivity contribution in [2.75, 3.05) is 13.6 Å². The summed E-state index contributed by atoms with van der Waals surface area (Å²) in [6.45, 7) is 2.24. The van der Waals surface area contributed by atoms with E-state index in [1.807, 2.05) is 0 Å². The zero-order chi connectivity index (χ0) is 11.5. The number of alkyl halides is 3. The molecule has 0 saturated carbocycles. The Labute approximate surface area is 86.9 Å². The molecular formula is C8H14F3NOS. The molecule has 2 nitrogen and oxygen atoms in total. The molecule has 0 rings (SSSR count). The van der Waals surface area contributed by atoms with Gasteiger partial charge in [-0.05, 0) is 5.92 Å². The van der Waals surface area contributed by atoms with Crippen LogP contribution in [0.15, 0.2) is 0 Å². The first-order chi connectivity index (χ1) is 6.15. The SMILES string of the molecule is CC(C)C(S)C(=O)N(C)CC(F)(F)F. The lowest BCUT2D eigenvalue weighted by Crippen LogP contribution is -2.41. The molecule has 0 aromatic heterocycles. The van der Waals surface area contributed by atoms with E-state index in [1.165, 1.54) is 0 Å². The minimum atomic E-state index is -4.35. The summed E-state index contributed by atoms with van der Waals surface area (Å²) < 4.78 is 35.7. The van der Waals surface area contributed by atoms with Gasteiger partial charge in [-0.3, -0.25) is 4.79 Å². The highest BCUT2D eigenvalue weighted by molar-refractivity contribution is 7.81. The molecule has 6 heteroatoms. The first kappa shape index (κ1) is 13.6. The van der Waals surface area contributed by atoms with Gasteiger partial charge in [0.05, 0.1) is 5.25 Å². The zero-order valence-corrected chi connectivity index (χ0v) is 9.19. The molecule has 1 atom stereocenters. The minimum absolute atomic E-state index is 0.0819. The molecule has 0 aliphatic rings. The van der Waals surface area contributed by atoms with Gasteiger partial charge in [-0.15, -0.1) is 0 Å². The molecule has 1 amide bonds. The van der Waals surface area contributed by atoms with E-state index < -0.39 is 23.9 Å². The van der Waals surface area contributed by atoms with Crippen LogP contribution in [0.2, 0.25) is 0 Å². The number of thiol groups is 1. The van der Waals surface area contributed by atoms with Gasteiger partial charge < -0.3 is 4.90 Å². The van der Waals surface area contributed by atoms with Gasteiger partial charge in [0.25, 0.3) is 0 Å². The Hall–Kier alpha value is -0.390. The second-order valence-corrected chi connectivity index (χ2v) is 4.05. The monoisotopic (exact) mass is 229 g/mol. The van der Waals surface area contributed by atoms with E-state index in [0.717, 1.165) is 7.05 Å². The predicted octanol–water partition coefficient (Wildman–Crippen LogP) is 1.96. The van der Waals surface area contributed by atoms with Gasteiger partial charge in [0.2, 0.25) is 5.91 Å². The van der Waals surface area contributed by atoms with Crippen molar-refractivity contribution in [1.82, 2.24) is 4.90 Å². The molecule has 14 heavy (non-hydrogen) atoms. The molecule has 0 fully saturated rings. The van der Waals surface area contributed by atoms with Crippen LogP contribution in [0.25, 0.3) is 0 Å². The molecule has 0 aromatic carbocycles. The lowest BCUT2D eigenvalue weighted by atomic mass is 10.1. The number of hydrogen-bond acceptors (Lipinski definition) is 2. The number of amides is 1. The summed E-state index contributed by atoms with van der Waals surface area (Å²) in [5, 5.41) is -0.678. The van der Waals surface area contributed by atoms with E-state index in [4.69, 9.17) is 0 Å². The Bertz CT molecular complexity index is 205. The van der Waals surface area contributed by atoms with E-state index in [2.05, 4.69) is 12.6 Å². The number of rotatable bonds is 3. The largest absolute Gasteiger partial charge is 0.406 e. The van der Waals surface area contributed by atoms with E-state index in [-0.39, 0.29) is 5.92 Å². The summed E-state index contributed by atoms with van der Waals surface area (Å²) in [5.41, 5.74) is 0. The first-order valence-electron chi connectivity index (χ1n) is 4.15. The summed E-state index contributed by atoms with van der Waals surface area (Å²) in [6, 6.07) is 0. The van der Waals surface area contributed by atoms with Gasteiger partial charge in [-0.25, -0.2) is 0 Å². The van der Waals surface area contributed by atoms with Gasteiger partial charge >= 0.3 is 6.18 Å². The fraction of sp³-hybridized carbons (Fsp3) is 0.875. The highest BCUT2D eigenvalue weighted by atomic mass is 32.1. The number of halogens is 3. The molecular weight excluding hydrogens is 215 g/mol.